The van der Waals surface area contributed by atoms with E-state index in [1.165, 1.54) is 10.9 Å². The molecule has 0 aliphatic rings. The molecule has 0 amide bonds. The molecule has 0 radical (unpaired) electrons. The van der Waals surface area contributed by atoms with Gasteiger partial charge in [0, 0.05) is 34.6 Å². The molecule has 4 heteroatoms. The van der Waals surface area contributed by atoms with E-state index in [1.807, 2.05) is 48.8 Å². The molecule has 4 rings (SSSR count). The summed E-state index contributed by atoms with van der Waals surface area (Å²) in [4.78, 5) is 7.74. The predicted octanol–water partition coefficient (Wildman–Crippen LogP) is 5.09. The number of aryl methyl sites for hydroxylation is 1. The number of hydrogen-bond donors (Lipinski definition) is 2. The molecular weight excluding hydrogens is 346 g/mol. The molecule has 0 atom stereocenters. The van der Waals surface area contributed by atoms with Gasteiger partial charge in [-0.1, -0.05) is 30.3 Å². The highest BCUT2D eigenvalue weighted by atomic mass is 16.5. The van der Waals surface area contributed by atoms with Gasteiger partial charge in [0.1, 0.15) is 12.4 Å². The third-order valence-electron chi connectivity index (χ3n) is 4.98. The maximum absolute atomic E-state index is 6.05. The van der Waals surface area contributed by atoms with E-state index in [2.05, 4.69) is 34.2 Å². The van der Waals surface area contributed by atoms with Crippen LogP contribution in [0.25, 0.3) is 22.2 Å². The average molecular weight is 371 g/mol. The molecule has 2 aromatic heterocycles. The number of unbranched alkanes of at least 4 members (excludes halogenated alkanes) is 1. The maximum Gasteiger partial charge on any atom is 0.120 e. The Labute approximate surface area is 165 Å². The van der Waals surface area contributed by atoms with Crippen LogP contribution in [0.2, 0.25) is 0 Å². The lowest BCUT2D eigenvalue weighted by molar-refractivity contribution is 0.306. The largest absolute Gasteiger partial charge is 0.489 e. The zero-order valence-electron chi connectivity index (χ0n) is 15.9. The first-order chi connectivity index (χ1) is 13.8. The number of nitrogens with two attached hydrogens (primary N) is 1. The lowest BCUT2D eigenvalue weighted by Gasteiger charge is -2.08. The summed E-state index contributed by atoms with van der Waals surface area (Å²) in [6, 6.07) is 20.6. The molecule has 28 heavy (non-hydrogen) atoms. The van der Waals surface area contributed by atoms with Crippen molar-refractivity contribution in [2.45, 2.75) is 25.9 Å². The van der Waals surface area contributed by atoms with Gasteiger partial charge in [0.25, 0.3) is 0 Å². The van der Waals surface area contributed by atoms with E-state index >= 15 is 0 Å². The number of aromatic nitrogens is 2. The number of rotatable bonds is 8. The monoisotopic (exact) mass is 371 g/mol. The van der Waals surface area contributed by atoms with E-state index < -0.39 is 0 Å². The van der Waals surface area contributed by atoms with Crippen LogP contribution >= 0.6 is 0 Å². The smallest absolute Gasteiger partial charge is 0.120 e. The second-order valence-electron chi connectivity index (χ2n) is 6.94. The third-order valence-corrected chi connectivity index (χ3v) is 4.98. The van der Waals surface area contributed by atoms with Crippen molar-refractivity contribution in [3.8, 4) is 17.0 Å². The minimum Gasteiger partial charge on any atom is -0.489 e. The van der Waals surface area contributed by atoms with Crippen LogP contribution in [0.1, 0.15) is 24.0 Å². The second-order valence-corrected chi connectivity index (χ2v) is 6.94. The summed E-state index contributed by atoms with van der Waals surface area (Å²) < 4.78 is 6.05. The highest BCUT2D eigenvalue weighted by Gasteiger charge is 2.14. The van der Waals surface area contributed by atoms with Gasteiger partial charge in [-0.05, 0) is 67.3 Å². The summed E-state index contributed by atoms with van der Waals surface area (Å²) in [5.41, 5.74) is 11.6. The molecule has 2 heterocycles. The lowest BCUT2D eigenvalue weighted by atomic mass is 10.0. The average Bonchev–Trinajstić information content (AvgIpc) is 3.12. The number of nitrogens with one attached hydrogen (secondary N) is 1. The van der Waals surface area contributed by atoms with Crippen LogP contribution < -0.4 is 10.5 Å². The summed E-state index contributed by atoms with van der Waals surface area (Å²) in [7, 11) is 0. The molecule has 4 aromatic rings. The van der Waals surface area contributed by atoms with Crippen LogP contribution in [-0.2, 0) is 13.0 Å². The Hall–Kier alpha value is -3.11. The molecule has 0 aliphatic heterocycles. The Kier molecular flexibility index (Phi) is 5.69. The molecule has 0 saturated carbocycles. The van der Waals surface area contributed by atoms with Crippen LogP contribution in [0, 0.1) is 0 Å². The number of ether oxygens (including phenoxy) is 1. The highest BCUT2D eigenvalue weighted by Crippen LogP contribution is 2.33. The number of hydrogen-bond acceptors (Lipinski definition) is 3. The minimum atomic E-state index is 0.566. The van der Waals surface area contributed by atoms with Gasteiger partial charge in [-0.25, -0.2) is 0 Å². The quantitative estimate of drug-likeness (QED) is 0.424. The number of nitrogens with zero attached hydrogens (tertiary/aromatic N) is 1. The Morgan fingerprint density at radius 3 is 2.54 bits per heavy atom. The summed E-state index contributed by atoms with van der Waals surface area (Å²) in [6.45, 7) is 1.29. The Balaban J connectivity index is 1.67. The lowest BCUT2D eigenvalue weighted by Crippen LogP contribution is -1.99. The molecule has 0 unspecified atom stereocenters. The zero-order chi connectivity index (χ0) is 19.2. The van der Waals surface area contributed by atoms with Gasteiger partial charge in [-0.3, -0.25) is 4.98 Å². The first-order valence-electron chi connectivity index (χ1n) is 9.77. The van der Waals surface area contributed by atoms with Gasteiger partial charge < -0.3 is 15.5 Å². The number of fused-ring (bicyclic) bond motifs is 1. The predicted molar refractivity (Wildman–Crippen MR) is 114 cm³/mol. The van der Waals surface area contributed by atoms with Gasteiger partial charge in [0.2, 0.25) is 0 Å². The van der Waals surface area contributed by atoms with Crippen molar-refractivity contribution < 1.29 is 4.74 Å². The van der Waals surface area contributed by atoms with Crippen LogP contribution in [-0.4, -0.2) is 16.5 Å². The van der Waals surface area contributed by atoms with Crippen LogP contribution in [0.4, 0.5) is 0 Å². The van der Waals surface area contributed by atoms with Crippen molar-refractivity contribution in [2.75, 3.05) is 6.54 Å². The molecule has 0 spiro atoms. The summed E-state index contributed by atoms with van der Waals surface area (Å²) >= 11 is 0. The highest BCUT2D eigenvalue weighted by molar-refractivity contribution is 5.91. The molecule has 142 valence electrons. The fourth-order valence-electron chi connectivity index (χ4n) is 3.53. The molecule has 0 bridgehead atoms. The van der Waals surface area contributed by atoms with E-state index in [4.69, 9.17) is 10.5 Å². The first-order valence-corrected chi connectivity index (χ1v) is 9.77. The zero-order valence-corrected chi connectivity index (χ0v) is 15.9. The first kappa shape index (κ1) is 18.3. The van der Waals surface area contributed by atoms with E-state index in [0.29, 0.717) is 6.61 Å². The van der Waals surface area contributed by atoms with Crippen molar-refractivity contribution in [3.63, 3.8) is 0 Å². The molecular formula is C24H25N3O. The van der Waals surface area contributed by atoms with Gasteiger partial charge >= 0.3 is 0 Å². The van der Waals surface area contributed by atoms with E-state index in [1.54, 1.807) is 0 Å². The summed E-state index contributed by atoms with van der Waals surface area (Å²) in [5.74, 6) is 0.886. The van der Waals surface area contributed by atoms with Gasteiger partial charge in [0.15, 0.2) is 0 Å². The SMILES string of the molecule is NCCCCc1c(-c2ccncc2)[nH]c2ccc(OCc3ccccc3)cc12. The van der Waals surface area contributed by atoms with Crippen molar-refractivity contribution in [1.29, 1.82) is 0 Å². The fraction of sp³-hybridized carbons (Fsp3) is 0.208. The number of benzene rings is 2. The second kappa shape index (κ2) is 8.72. The van der Waals surface area contributed by atoms with Gasteiger partial charge in [-0.15, -0.1) is 0 Å². The van der Waals surface area contributed by atoms with Crippen LogP contribution in [0.15, 0.2) is 73.1 Å². The summed E-state index contributed by atoms with van der Waals surface area (Å²) in [6.07, 6.45) is 6.73. The summed E-state index contributed by atoms with van der Waals surface area (Å²) in [5, 5.41) is 1.22. The van der Waals surface area contributed by atoms with E-state index in [9.17, 15) is 0 Å². The third kappa shape index (κ3) is 4.07. The van der Waals surface area contributed by atoms with Crippen molar-refractivity contribution in [1.82, 2.24) is 9.97 Å². The Morgan fingerprint density at radius 1 is 0.929 bits per heavy atom. The molecule has 3 N–H and O–H groups in total. The van der Waals surface area contributed by atoms with Gasteiger partial charge in [-0.2, -0.15) is 0 Å². The van der Waals surface area contributed by atoms with Crippen molar-refractivity contribution in [2.24, 2.45) is 5.73 Å². The Bertz CT molecular complexity index is 1030. The topological polar surface area (TPSA) is 63.9 Å². The molecule has 0 saturated heterocycles. The molecule has 0 fully saturated rings. The number of aromatic amines is 1. The fourth-order valence-corrected chi connectivity index (χ4v) is 3.53. The van der Waals surface area contributed by atoms with Crippen molar-refractivity contribution >= 4 is 10.9 Å². The standard InChI is InChI=1S/C24H25N3O/c25-13-5-4-8-21-22-16-20(28-17-18-6-2-1-3-7-18)9-10-23(22)27-24(21)19-11-14-26-15-12-19/h1-3,6-7,9-12,14-16,27H,4-5,8,13,17,25H2. The Morgan fingerprint density at radius 2 is 1.75 bits per heavy atom. The number of pyridine rings is 1. The molecule has 4 nitrogen and oxygen atoms in total. The number of H-pyrrole nitrogens is 1. The minimum absolute atomic E-state index is 0.566. The molecule has 0 aliphatic carbocycles. The normalized spacial score (nSPS) is 11.0. The van der Waals surface area contributed by atoms with Crippen LogP contribution in [0.5, 0.6) is 5.75 Å². The van der Waals surface area contributed by atoms with E-state index in [0.717, 1.165) is 53.9 Å². The van der Waals surface area contributed by atoms with Crippen LogP contribution in [0.3, 0.4) is 0 Å². The maximum atomic E-state index is 6.05. The molecule has 2 aromatic carbocycles. The van der Waals surface area contributed by atoms with E-state index in [-0.39, 0.29) is 0 Å². The van der Waals surface area contributed by atoms with Crippen molar-refractivity contribution in [3.05, 3.63) is 84.2 Å². The van der Waals surface area contributed by atoms with Gasteiger partial charge in [0.05, 0.1) is 0 Å².